The fraction of sp³-hybridized carbons (Fsp3) is 0.280. The Morgan fingerprint density at radius 2 is 1.84 bits per heavy atom. The second kappa shape index (κ2) is 10.6. The normalized spacial score (nSPS) is 18.4. The largest absolute Gasteiger partial charge is 0.383 e. The number of carbonyl (C=O) groups excluding carboxylic acids is 1. The van der Waals surface area contributed by atoms with Crippen molar-refractivity contribution in [3.63, 3.8) is 0 Å². The van der Waals surface area contributed by atoms with Gasteiger partial charge in [-0.2, -0.15) is 0 Å². The van der Waals surface area contributed by atoms with Crippen LogP contribution in [0, 0.1) is 0 Å². The third-order valence-electron chi connectivity index (χ3n) is 5.70. The van der Waals surface area contributed by atoms with E-state index in [1.807, 2.05) is 48.5 Å². The van der Waals surface area contributed by atoms with E-state index >= 15 is 0 Å². The number of amides is 2. The van der Waals surface area contributed by atoms with E-state index in [9.17, 15) is 4.79 Å². The summed E-state index contributed by atoms with van der Waals surface area (Å²) in [7, 11) is 1.71. The van der Waals surface area contributed by atoms with E-state index in [-0.39, 0.29) is 18.0 Å². The topological polar surface area (TPSA) is 66.5 Å². The number of ether oxygens (including phenoxy) is 1. The lowest BCUT2D eigenvalue weighted by Gasteiger charge is -2.21. The number of nitrogens with zero attached hydrogens (tertiary/aromatic N) is 2. The first-order valence-electron chi connectivity index (χ1n) is 10.7. The molecule has 1 saturated heterocycles. The number of nitrogens with one attached hydrogen (secondary N) is 2. The molecule has 32 heavy (non-hydrogen) atoms. The molecule has 0 bridgehead atoms. The Bertz CT molecular complexity index is 1030. The SMILES string of the molecule is COCCN1CC(NC(=O)Nc2cc(Cl)cnc2-c2ccccc2)C(c2ccccc2)C1. The molecule has 1 aliphatic rings. The fourth-order valence-corrected chi connectivity index (χ4v) is 4.32. The number of aromatic nitrogens is 1. The second-order valence-electron chi connectivity index (χ2n) is 7.89. The average Bonchev–Trinajstić information content (AvgIpc) is 3.21. The Morgan fingerprint density at radius 1 is 1.12 bits per heavy atom. The van der Waals surface area contributed by atoms with Gasteiger partial charge in [-0.15, -0.1) is 0 Å². The maximum absolute atomic E-state index is 13.0. The highest BCUT2D eigenvalue weighted by atomic mass is 35.5. The number of urea groups is 1. The molecule has 2 unspecified atom stereocenters. The first-order chi connectivity index (χ1) is 15.6. The number of benzene rings is 2. The predicted molar refractivity (Wildman–Crippen MR) is 128 cm³/mol. The lowest BCUT2D eigenvalue weighted by atomic mass is 9.94. The lowest BCUT2D eigenvalue weighted by Crippen LogP contribution is -2.42. The first kappa shape index (κ1) is 22.3. The van der Waals surface area contributed by atoms with Crippen LogP contribution in [-0.4, -0.2) is 55.3 Å². The van der Waals surface area contributed by atoms with Crippen LogP contribution >= 0.6 is 11.6 Å². The summed E-state index contributed by atoms with van der Waals surface area (Å²) in [6.45, 7) is 3.12. The molecular formula is C25H27ClN4O2. The molecule has 0 aliphatic carbocycles. The molecule has 2 heterocycles. The number of hydrogen-bond acceptors (Lipinski definition) is 4. The number of halogens is 1. The van der Waals surface area contributed by atoms with E-state index in [2.05, 4.69) is 32.7 Å². The van der Waals surface area contributed by atoms with Crippen molar-refractivity contribution < 1.29 is 9.53 Å². The summed E-state index contributed by atoms with van der Waals surface area (Å²) in [6, 6.07) is 21.5. The molecule has 2 aromatic carbocycles. The van der Waals surface area contributed by atoms with Gasteiger partial charge < -0.3 is 15.4 Å². The lowest BCUT2D eigenvalue weighted by molar-refractivity contribution is 0.159. The van der Waals surface area contributed by atoms with Crippen molar-refractivity contribution in [3.8, 4) is 11.3 Å². The van der Waals surface area contributed by atoms with E-state index in [1.165, 1.54) is 5.56 Å². The number of likely N-dealkylation sites (tertiary alicyclic amines) is 1. The summed E-state index contributed by atoms with van der Waals surface area (Å²) in [4.78, 5) is 19.8. The smallest absolute Gasteiger partial charge is 0.319 e. The molecule has 1 aliphatic heterocycles. The van der Waals surface area contributed by atoms with Gasteiger partial charge in [0.25, 0.3) is 0 Å². The number of carbonyl (C=O) groups is 1. The Balaban J connectivity index is 1.51. The van der Waals surface area contributed by atoms with Gasteiger partial charge in [0.05, 0.1) is 29.1 Å². The minimum Gasteiger partial charge on any atom is -0.383 e. The number of rotatable bonds is 7. The molecule has 0 radical (unpaired) electrons. The van der Waals surface area contributed by atoms with Gasteiger partial charge in [-0.1, -0.05) is 72.3 Å². The minimum absolute atomic E-state index is 0.0263. The van der Waals surface area contributed by atoms with E-state index in [0.717, 1.165) is 25.2 Å². The maximum atomic E-state index is 13.0. The molecule has 1 fully saturated rings. The average molecular weight is 451 g/mol. The molecule has 7 heteroatoms. The zero-order chi connectivity index (χ0) is 22.3. The Hall–Kier alpha value is -2.93. The van der Waals surface area contributed by atoms with Crippen molar-refractivity contribution in [2.45, 2.75) is 12.0 Å². The summed E-state index contributed by atoms with van der Waals surface area (Å²) in [6.07, 6.45) is 1.59. The molecular weight excluding hydrogens is 424 g/mol. The number of anilines is 1. The number of pyridine rings is 1. The van der Waals surface area contributed by atoms with E-state index in [0.29, 0.717) is 23.0 Å². The zero-order valence-electron chi connectivity index (χ0n) is 18.0. The molecule has 6 nitrogen and oxygen atoms in total. The van der Waals surface area contributed by atoms with Crippen molar-refractivity contribution in [1.29, 1.82) is 0 Å². The number of methoxy groups -OCH3 is 1. The van der Waals surface area contributed by atoms with Crippen molar-refractivity contribution >= 4 is 23.3 Å². The van der Waals surface area contributed by atoms with Gasteiger partial charge in [0.1, 0.15) is 0 Å². The minimum atomic E-state index is -0.272. The van der Waals surface area contributed by atoms with Gasteiger partial charge in [0.15, 0.2) is 0 Å². The van der Waals surface area contributed by atoms with Crippen molar-refractivity contribution in [1.82, 2.24) is 15.2 Å². The maximum Gasteiger partial charge on any atom is 0.319 e. The highest BCUT2D eigenvalue weighted by molar-refractivity contribution is 6.30. The molecule has 2 amide bonds. The first-order valence-corrected chi connectivity index (χ1v) is 11.1. The molecule has 4 rings (SSSR count). The van der Waals surface area contributed by atoms with E-state index in [1.54, 1.807) is 19.4 Å². The van der Waals surface area contributed by atoms with Gasteiger partial charge in [-0.3, -0.25) is 9.88 Å². The third kappa shape index (κ3) is 5.46. The highest BCUT2D eigenvalue weighted by Gasteiger charge is 2.34. The predicted octanol–water partition coefficient (Wildman–Crippen LogP) is 4.64. The number of hydrogen-bond donors (Lipinski definition) is 2. The van der Waals surface area contributed by atoms with Gasteiger partial charge in [0, 0.05) is 44.4 Å². The summed E-state index contributed by atoms with van der Waals surface area (Å²) < 4.78 is 5.25. The van der Waals surface area contributed by atoms with E-state index in [4.69, 9.17) is 16.3 Å². The van der Waals surface area contributed by atoms with Gasteiger partial charge >= 0.3 is 6.03 Å². The summed E-state index contributed by atoms with van der Waals surface area (Å²) in [5.41, 5.74) is 3.38. The fourth-order valence-electron chi connectivity index (χ4n) is 4.16. The summed E-state index contributed by atoms with van der Waals surface area (Å²) in [5.74, 6) is 0.199. The van der Waals surface area contributed by atoms with E-state index < -0.39 is 0 Å². The molecule has 2 N–H and O–H groups in total. The van der Waals surface area contributed by atoms with Crippen LogP contribution in [0.4, 0.5) is 10.5 Å². The Labute approximate surface area is 193 Å². The zero-order valence-corrected chi connectivity index (χ0v) is 18.8. The summed E-state index contributed by atoms with van der Waals surface area (Å²) in [5, 5.41) is 6.61. The third-order valence-corrected chi connectivity index (χ3v) is 5.91. The summed E-state index contributed by atoms with van der Waals surface area (Å²) >= 11 is 6.18. The van der Waals surface area contributed by atoms with Crippen molar-refractivity contribution in [2.24, 2.45) is 0 Å². The van der Waals surface area contributed by atoms with Crippen LogP contribution in [-0.2, 0) is 4.74 Å². The molecule has 0 spiro atoms. The second-order valence-corrected chi connectivity index (χ2v) is 8.33. The molecule has 1 aromatic heterocycles. The Kier molecular flexibility index (Phi) is 7.37. The van der Waals surface area contributed by atoms with Crippen LogP contribution in [0.3, 0.4) is 0 Å². The molecule has 3 aromatic rings. The van der Waals surface area contributed by atoms with Crippen LogP contribution in [0.25, 0.3) is 11.3 Å². The van der Waals surface area contributed by atoms with Crippen LogP contribution < -0.4 is 10.6 Å². The van der Waals surface area contributed by atoms with Crippen LogP contribution in [0.2, 0.25) is 5.02 Å². The van der Waals surface area contributed by atoms with Crippen LogP contribution in [0.1, 0.15) is 11.5 Å². The van der Waals surface area contributed by atoms with Crippen LogP contribution in [0.15, 0.2) is 72.9 Å². The standard InChI is InChI=1S/C25H27ClN4O2/c1-32-13-12-30-16-21(18-8-4-2-5-9-18)23(17-30)29-25(31)28-22-14-20(26)15-27-24(22)19-10-6-3-7-11-19/h2-11,14-15,21,23H,12-13,16-17H2,1H3,(H2,28,29,31). The van der Waals surface area contributed by atoms with Gasteiger partial charge in [0.2, 0.25) is 0 Å². The monoisotopic (exact) mass is 450 g/mol. The van der Waals surface area contributed by atoms with Crippen molar-refractivity contribution in [3.05, 3.63) is 83.5 Å². The quantitative estimate of drug-likeness (QED) is 0.550. The molecule has 2 atom stereocenters. The van der Waals surface area contributed by atoms with Gasteiger partial charge in [-0.05, 0) is 11.6 Å². The molecule has 0 saturated carbocycles. The van der Waals surface area contributed by atoms with Crippen LogP contribution in [0.5, 0.6) is 0 Å². The molecule has 166 valence electrons. The van der Waals surface area contributed by atoms with Crippen molar-refractivity contribution in [2.75, 3.05) is 38.7 Å². The van der Waals surface area contributed by atoms with Gasteiger partial charge in [-0.25, -0.2) is 4.79 Å². The highest BCUT2D eigenvalue weighted by Crippen LogP contribution is 2.30. The Morgan fingerprint density at radius 3 is 2.56 bits per heavy atom.